The molecule has 2 atom stereocenters. The van der Waals surface area contributed by atoms with Gasteiger partial charge in [0.25, 0.3) is 0 Å². The Morgan fingerprint density at radius 3 is 2.08 bits per heavy atom. The van der Waals surface area contributed by atoms with Crippen LogP contribution < -0.4 is 5.32 Å². The Morgan fingerprint density at radius 2 is 1.54 bits per heavy atom. The molecule has 0 aliphatic carbocycles. The summed E-state index contributed by atoms with van der Waals surface area (Å²) in [5, 5.41) is 27.8. The summed E-state index contributed by atoms with van der Waals surface area (Å²) >= 11 is 0. The highest BCUT2D eigenvalue weighted by Crippen LogP contribution is 2.34. The monoisotopic (exact) mass is 323 g/mol. The average Bonchev–Trinajstić information content (AvgIpc) is 2.58. The Labute approximate surface area is 140 Å². The molecule has 0 aromatic heterocycles. The van der Waals surface area contributed by atoms with Crippen molar-refractivity contribution in [3.05, 3.63) is 60.2 Å². The van der Waals surface area contributed by atoms with Crippen molar-refractivity contribution in [2.75, 3.05) is 6.54 Å². The summed E-state index contributed by atoms with van der Waals surface area (Å²) < 4.78 is 0. The lowest BCUT2D eigenvalue weighted by atomic mass is 9.90. The minimum Gasteiger partial charge on any atom is -0.390 e. The largest absolute Gasteiger partial charge is 0.390 e. The van der Waals surface area contributed by atoms with Gasteiger partial charge >= 0.3 is 0 Å². The van der Waals surface area contributed by atoms with Gasteiger partial charge in [0.2, 0.25) is 5.91 Å². The van der Waals surface area contributed by atoms with Crippen molar-refractivity contribution < 1.29 is 15.0 Å². The molecule has 4 nitrogen and oxygen atoms in total. The number of carbonyl (C=O) groups is 1. The van der Waals surface area contributed by atoms with E-state index in [9.17, 15) is 15.0 Å². The van der Waals surface area contributed by atoms with E-state index in [4.69, 9.17) is 0 Å². The van der Waals surface area contributed by atoms with Gasteiger partial charge in [0, 0.05) is 13.5 Å². The van der Waals surface area contributed by atoms with Crippen molar-refractivity contribution in [2.45, 2.75) is 25.6 Å². The Morgan fingerprint density at radius 1 is 1.00 bits per heavy atom. The van der Waals surface area contributed by atoms with Gasteiger partial charge in [0.05, 0.1) is 6.10 Å². The molecule has 24 heavy (non-hydrogen) atoms. The van der Waals surface area contributed by atoms with Gasteiger partial charge in [0.15, 0.2) is 0 Å². The van der Waals surface area contributed by atoms with Gasteiger partial charge in [0.1, 0.15) is 6.10 Å². The maximum absolute atomic E-state index is 11.0. The second-order valence-corrected chi connectivity index (χ2v) is 6.02. The first-order chi connectivity index (χ1) is 11.6. The maximum atomic E-state index is 11.0. The molecular weight excluding hydrogens is 302 g/mol. The van der Waals surface area contributed by atoms with Gasteiger partial charge in [-0.15, -0.1) is 0 Å². The highest BCUT2D eigenvalue weighted by Gasteiger charge is 2.22. The van der Waals surface area contributed by atoms with Gasteiger partial charge in [-0.25, -0.2) is 0 Å². The number of hydrogen-bond donors (Lipinski definition) is 3. The lowest BCUT2D eigenvalue weighted by Crippen LogP contribution is -2.27. The lowest BCUT2D eigenvalue weighted by Gasteiger charge is -2.22. The highest BCUT2D eigenvalue weighted by atomic mass is 16.3. The van der Waals surface area contributed by atoms with Crippen LogP contribution in [-0.4, -0.2) is 28.8 Å². The fraction of sp³-hybridized carbons (Fsp3) is 0.250. The Balaban J connectivity index is 2.03. The summed E-state index contributed by atoms with van der Waals surface area (Å²) in [7, 11) is 0. The quantitative estimate of drug-likeness (QED) is 0.632. The van der Waals surface area contributed by atoms with E-state index in [1.807, 2.05) is 48.5 Å². The molecule has 0 heterocycles. The number of carbonyl (C=O) groups excluding carboxylic acids is 1. The number of aliphatic hydroxyl groups is 2. The molecule has 0 saturated heterocycles. The summed E-state index contributed by atoms with van der Waals surface area (Å²) in [5.41, 5.74) is 0.735. The smallest absolute Gasteiger partial charge is 0.216 e. The molecule has 0 aliphatic heterocycles. The van der Waals surface area contributed by atoms with Crippen LogP contribution in [0.25, 0.3) is 21.5 Å². The van der Waals surface area contributed by atoms with E-state index in [0.29, 0.717) is 6.54 Å². The van der Waals surface area contributed by atoms with E-state index in [0.717, 1.165) is 27.1 Å². The van der Waals surface area contributed by atoms with E-state index in [1.54, 1.807) is 0 Å². The molecule has 0 spiro atoms. The standard InChI is InChI=1S/C20H21NO3/c1-13(22)21-11-10-18(23)20(24)19-16-8-4-2-6-14(16)12-15-7-3-5-9-17(15)19/h2-9,12,18,20,23-24H,10-11H2,1H3,(H,21,22). The van der Waals surface area contributed by atoms with Crippen molar-refractivity contribution >= 4 is 27.5 Å². The third-order valence-corrected chi connectivity index (χ3v) is 4.29. The number of aliphatic hydroxyl groups excluding tert-OH is 2. The molecule has 1 amide bonds. The number of benzene rings is 3. The zero-order valence-electron chi connectivity index (χ0n) is 13.6. The third-order valence-electron chi connectivity index (χ3n) is 4.29. The first kappa shape index (κ1) is 16.4. The van der Waals surface area contributed by atoms with Crippen molar-refractivity contribution in [3.8, 4) is 0 Å². The Hall–Kier alpha value is -2.43. The fourth-order valence-electron chi connectivity index (χ4n) is 3.11. The summed E-state index contributed by atoms with van der Waals surface area (Å²) in [6, 6.07) is 17.8. The van der Waals surface area contributed by atoms with Crippen LogP contribution in [0.4, 0.5) is 0 Å². The van der Waals surface area contributed by atoms with E-state index in [2.05, 4.69) is 11.4 Å². The van der Waals surface area contributed by atoms with Crippen LogP contribution in [0.3, 0.4) is 0 Å². The number of fused-ring (bicyclic) bond motifs is 2. The van der Waals surface area contributed by atoms with Gasteiger partial charge in [-0.2, -0.15) is 0 Å². The normalized spacial score (nSPS) is 13.8. The van der Waals surface area contributed by atoms with Gasteiger partial charge in [-0.3, -0.25) is 4.79 Å². The third kappa shape index (κ3) is 3.25. The summed E-state index contributed by atoms with van der Waals surface area (Å²) in [6.45, 7) is 1.76. The Bertz CT molecular complexity index is 821. The molecule has 0 fully saturated rings. The van der Waals surface area contributed by atoms with E-state index < -0.39 is 12.2 Å². The number of rotatable bonds is 5. The van der Waals surface area contributed by atoms with E-state index in [1.165, 1.54) is 6.92 Å². The maximum Gasteiger partial charge on any atom is 0.216 e. The first-order valence-electron chi connectivity index (χ1n) is 8.09. The predicted octanol–water partition coefficient (Wildman–Crippen LogP) is 2.91. The molecular formula is C20H21NO3. The second-order valence-electron chi connectivity index (χ2n) is 6.02. The van der Waals surface area contributed by atoms with Crippen LogP contribution >= 0.6 is 0 Å². The van der Waals surface area contributed by atoms with Crippen molar-refractivity contribution in [1.82, 2.24) is 5.32 Å². The van der Waals surface area contributed by atoms with Crippen LogP contribution in [0.2, 0.25) is 0 Å². The molecule has 0 saturated carbocycles. The van der Waals surface area contributed by atoms with Gasteiger partial charge in [-0.05, 0) is 39.6 Å². The van der Waals surface area contributed by atoms with Gasteiger partial charge < -0.3 is 15.5 Å². The average molecular weight is 323 g/mol. The van der Waals surface area contributed by atoms with Crippen LogP contribution in [0.5, 0.6) is 0 Å². The van der Waals surface area contributed by atoms with Crippen LogP contribution in [0.15, 0.2) is 54.6 Å². The number of nitrogens with one attached hydrogen (secondary N) is 1. The molecule has 2 unspecified atom stereocenters. The SMILES string of the molecule is CC(=O)NCCC(O)C(O)c1c2ccccc2cc2ccccc12. The number of amides is 1. The van der Waals surface area contributed by atoms with E-state index in [-0.39, 0.29) is 12.3 Å². The molecule has 3 aromatic rings. The van der Waals surface area contributed by atoms with Crippen LogP contribution in [0, 0.1) is 0 Å². The molecule has 3 N–H and O–H groups in total. The first-order valence-corrected chi connectivity index (χ1v) is 8.09. The van der Waals surface area contributed by atoms with Crippen molar-refractivity contribution in [3.63, 3.8) is 0 Å². The zero-order chi connectivity index (χ0) is 17.1. The van der Waals surface area contributed by atoms with Crippen LogP contribution in [-0.2, 0) is 4.79 Å². The van der Waals surface area contributed by atoms with Gasteiger partial charge in [-0.1, -0.05) is 48.5 Å². The fourth-order valence-corrected chi connectivity index (χ4v) is 3.11. The van der Waals surface area contributed by atoms with E-state index >= 15 is 0 Å². The Kier molecular flexibility index (Phi) is 4.79. The number of hydrogen-bond acceptors (Lipinski definition) is 3. The molecule has 0 bridgehead atoms. The molecule has 3 rings (SSSR count). The molecule has 0 radical (unpaired) electrons. The van der Waals surface area contributed by atoms with Crippen molar-refractivity contribution in [2.24, 2.45) is 0 Å². The zero-order valence-corrected chi connectivity index (χ0v) is 13.6. The molecule has 4 heteroatoms. The topological polar surface area (TPSA) is 69.6 Å². The molecule has 3 aromatic carbocycles. The summed E-state index contributed by atoms with van der Waals surface area (Å²) in [5.74, 6) is -0.146. The minimum atomic E-state index is -1.02. The molecule has 124 valence electrons. The second kappa shape index (κ2) is 6.99. The van der Waals surface area contributed by atoms with Crippen molar-refractivity contribution in [1.29, 1.82) is 0 Å². The van der Waals surface area contributed by atoms with Crippen LogP contribution in [0.1, 0.15) is 25.0 Å². The summed E-state index contributed by atoms with van der Waals surface area (Å²) in [4.78, 5) is 11.0. The lowest BCUT2D eigenvalue weighted by molar-refractivity contribution is -0.119. The predicted molar refractivity (Wildman–Crippen MR) is 95.7 cm³/mol. The summed E-state index contributed by atoms with van der Waals surface area (Å²) in [6.07, 6.45) is -1.68. The highest BCUT2D eigenvalue weighted by molar-refractivity contribution is 6.02. The minimum absolute atomic E-state index is 0.146. The molecule has 0 aliphatic rings.